The summed E-state index contributed by atoms with van der Waals surface area (Å²) in [6.45, 7) is 3.50. The second kappa shape index (κ2) is 6.99. The third-order valence-electron chi connectivity index (χ3n) is 2.95. The van der Waals surface area contributed by atoms with Crippen molar-refractivity contribution >= 4 is 11.6 Å². The van der Waals surface area contributed by atoms with Gasteiger partial charge in [0.1, 0.15) is 12.8 Å². The van der Waals surface area contributed by atoms with Gasteiger partial charge in [0.15, 0.2) is 0 Å². The molecule has 0 spiro atoms. The van der Waals surface area contributed by atoms with Gasteiger partial charge in [-0.3, -0.25) is 10.1 Å². The Morgan fingerprint density at radius 3 is 3.10 bits per heavy atom. The molecule has 1 aliphatic heterocycles. The second-order valence-electron chi connectivity index (χ2n) is 4.47. The lowest BCUT2D eigenvalue weighted by atomic mass is 10.1. The van der Waals surface area contributed by atoms with Crippen LogP contribution in [0.2, 0.25) is 0 Å². The third-order valence-corrected chi connectivity index (χ3v) is 2.95. The Hall–Kier alpha value is -1.96. The van der Waals surface area contributed by atoms with Gasteiger partial charge in [-0.15, -0.1) is 0 Å². The van der Waals surface area contributed by atoms with E-state index in [9.17, 15) is 10.1 Å². The van der Waals surface area contributed by atoms with E-state index in [-0.39, 0.29) is 24.3 Å². The van der Waals surface area contributed by atoms with Gasteiger partial charge in [0.2, 0.25) is 5.95 Å². The zero-order valence-electron chi connectivity index (χ0n) is 11.4. The van der Waals surface area contributed by atoms with Crippen LogP contribution < -0.4 is 10.1 Å². The Morgan fingerprint density at radius 2 is 2.45 bits per heavy atom. The van der Waals surface area contributed by atoms with Crippen LogP contribution in [0.3, 0.4) is 0 Å². The van der Waals surface area contributed by atoms with E-state index in [1.807, 2.05) is 6.92 Å². The summed E-state index contributed by atoms with van der Waals surface area (Å²) in [6.07, 6.45) is 4.17. The summed E-state index contributed by atoms with van der Waals surface area (Å²) >= 11 is 0. The van der Waals surface area contributed by atoms with Gasteiger partial charge in [-0.05, 0) is 26.2 Å². The van der Waals surface area contributed by atoms with Gasteiger partial charge in [-0.1, -0.05) is 0 Å². The first kappa shape index (κ1) is 14.4. The van der Waals surface area contributed by atoms with E-state index in [2.05, 4.69) is 15.3 Å². The fourth-order valence-corrected chi connectivity index (χ4v) is 1.95. The van der Waals surface area contributed by atoms with Crippen molar-refractivity contribution in [3.05, 3.63) is 16.3 Å². The quantitative estimate of drug-likeness (QED) is 0.626. The molecule has 0 amide bonds. The molecule has 2 heterocycles. The van der Waals surface area contributed by atoms with Gasteiger partial charge in [0.05, 0.1) is 11.0 Å². The van der Waals surface area contributed by atoms with Crippen LogP contribution in [0.25, 0.3) is 0 Å². The Bertz CT molecular complexity index is 463. The summed E-state index contributed by atoms with van der Waals surface area (Å²) < 4.78 is 11.0. The van der Waals surface area contributed by atoms with Crippen molar-refractivity contribution in [2.75, 3.05) is 25.1 Å². The molecule has 1 fully saturated rings. The SMILES string of the molecule is CCNc1ncc([N+](=O)[O-])c(OCC2CCCCO2)n1. The molecule has 1 saturated heterocycles. The van der Waals surface area contributed by atoms with Crippen molar-refractivity contribution in [1.29, 1.82) is 0 Å². The van der Waals surface area contributed by atoms with Crippen LogP contribution in [0.5, 0.6) is 5.88 Å². The van der Waals surface area contributed by atoms with Crippen molar-refractivity contribution in [3.63, 3.8) is 0 Å². The number of ether oxygens (including phenoxy) is 2. The lowest BCUT2D eigenvalue weighted by molar-refractivity contribution is -0.386. The van der Waals surface area contributed by atoms with Crippen LogP contribution in [-0.4, -0.2) is 40.8 Å². The van der Waals surface area contributed by atoms with Gasteiger partial charge in [-0.2, -0.15) is 4.98 Å². The fraction of sp³-hybridized carbons (Fsp3) is 0.667. The monoisotopic (exact) mass is 282 g/mol. The number of nitrogens with one attached hydrogen (secondary N) is 1. The van der Waals surface area contributed by atoms with Gasteiger partial charge < -0.3 is 14.8 Å². The average molecular weight is 282 g/mol. The van der Waals surface area contributed by atoms with Crippen molar-refractivity contribution in [1.82, 2.24) is 9.97 Å². The van der Waals surface area contributed by atoms with Crippen LogP contribution >= 0.6 is 0 Å². The molecule has 0 radical (unpaired) electrons. The van der Waals surface area contributed by atoms with Gasteiger partial charge in [0, 0.05) is 13.2 Å². The Labute approximate surface area is 116 Å². The topological polar surface area (TPSA) is 99.4 Å². The molecule has 0 aliphatic carbocycles. The molecule has 110 valence electrons. The minimum atomic E-state index is -0.549. The van der Waals surface area contributed by atoms with E-state index in [0.717, 1.165) is 25.5 Å². The summed E-state index contributed by atoms with van der Waals surface area (Å²) in [5.41, 5.74) is -0.234. The molecule has 0 saturated carbocycles. The molecule has 1 aliphatic rings. The van der Waals surface area contributed by atoms with E-state index in [1.165, 1.54) is 0 Å². The number of aromatic nitrogens is 2. The first-order valence-electron chi connectivity index (χ1n) is 6.70. The largest absolute Gasteiger partial charge is 0.470 e. The van der Waals surface area contributed by atoms with E-state index >= 15 is 0 Å². The van der Waals surface area contributed by atoms with Gasteiger partial charge in [-0.25, -0.2) is 4.98 Å². The predicted molar refractivity (Wildman–Crippen MR) is 71.9 cm³/mol. The molecular weight excluding hydrogens is 264 g/mol. The number of anilines is 1. The van der Waals surface area contributed by atoms with Crippen LogP contribution in [0.15, 0.2) is 6.20 Å². The Balaban J connectivity index is 2.06. The van der Waals surface area contributed by atoms with Crippen LogP contribution in [0.1, 0.15) is 26.2 Å². The number of hydrogen-bond acceptors (Lipinski definition) is 7. The maximum atomic E-state index is 10.9. The standard InChI is InChI=1S/C12H18N4O4/c1-2-13-12-14-7-10(16(17)18)11(15-12)20-8-9-5-3-4-6-19-9/h7,9H,2-6,8H2,1H3,(H,13,14,15). The molecular formula is C12H18N4O4. The van der Waals surface area contributed by atoms with Crippen molar-refractivity contribution in [2.24, 2.45) is 0 Å². The lowest BCUT2D eigenvalue weighted by Crippen LogP contribution is -2.26. The first-order valence-corrected chi connectivity index (χ1v) is 6.70. The second-order valence-corrected chi connectivity index (χ2v) is 4.47. The zero-order chi connectivity index (χ0) is 14.4. The number of nitrogens with zero attached hydrogens (tertiary/aromatic N) is 3. The smallest absolute Gasteiger partial charge is 0.349 e. The highest BCUT2D eigenvalue weighted by Crippen LogP contribution is 2.25. The molecule has 1 atom stereocenters. The summed E-state index contributed by atoms with van der Waals surface area (Å²) in [4.78, 5) is 18.3. The van der Waals surface area contributed by atoms with Crippen LogP contribution in [0, 0.1) is 10.1 Å². The maximum Gasteiger partial charge on any atom is 0.349 e. The lowest BCUT2D eigenvalue weighted by Gasteiger charge is -2.22. The summed E-state index contributed by atoms with van der Waals surface area (Å²) in [7, 11) is 0. The number of rotatable bonds is 6. The molecule has 0 bridgehead atoms. The highest BCUT2D eigenvalue weighted by Gasteiger charge is 2.21. The number of nitro groups is 1. The van der Waals surface area contributed by atoms with Gasteiger partial charge in [0.25, 0.3) is 5.88 Å². The minimum Gasteiger partial charge on any atom is -0.470 e. The Morgan fingerprint density at radius 1 is 1.60 bits per heavy atom. The molecule has 0 aromatic carbocycles. The van der Waals surface area contributed by atoms with Crippen LogP contribution in [-0.2, 0) is 4.74 Å². The molecule has 2 rings (SSSR count). The normalized spacial score (nSPS) is 18.6. The summed E-state index contributed by atoms with van der Waals surface area (Å²) in [6, 6.07) is 0. The Kier molecular flexibility index (Phi) is 5.05. The molecule has 20 heavy (non-hydrogen) atoms. The van der Waals surface area contributed by atoms with E-state index in [0.29, 0.717) is 19.1 Å². The van der Waals surface area contributed by atoms with Crippen molar-refractivity contribution in [3.8, 4) is 5.88 Å². The van der Waals surface area contributed by atoms with Crippen LogP contribution in [0.4, 0.5) is 11.6 Å². The molecule has 8 heteroatoms. The molecule has 1 aromatic heterocycles. The molecule has 1 unspecified atom stereocenters. The fourth-order valence-electron chi connectivity index (χ4n) is 1.95. The maximum absolute atomic E-state index is 10.9. The van der Waals surface area contributed by atoms with E-state index < -0.39 is 4.92 Å². The highest BCUT2D eigenvalue weighted by molar-refractivity contribution is 5.43. The predicted octanol–water partition coefficient (Wildman–Crippen LogP) is 1.76. The van der Waals surface area contributed by atoms with Crippen molar-refractivity contribution < 1.29 is 14.4 Å². The zero-order valence-corrected chi connectivity index (χ0v) is 11.4. The highest BCUT2D eigenvalue weighted by atomic mass is 16.6. The molecule has 1 aromatic rings. The summed E-state index contributed by atoms with van der Waals surface area (Å²) in [5.74, 6) is 0.299. The van der Waals surface area contributed by atoms with E-state index in [4.69, 9.17) is 9.47 Å². The molecule has 1 N–H and O–H groups in total. The van der Waals surface area contributed by atoms with Gasteiger partial charge >= 0.3 is 5.69 Å². The average Bonchev–Trinajstić information content (AvgIpc) is 2.46. The molecule has 8 nitrogen and oxygen atoms in total. The first-order chi connectivity index (χ1) is 9.70. The summed E-state index contributed by atoms with van der Waals surface area (Å²) in [5, 5.41) is 13.8. The third kappa shape index (κ3) is 3.77. The number of hydrogen-bond donors (Lipinski definition) is 1. The minimum absolute atomic E-state index is 0.0184. The van der Waals surface area contributed by atoms with E-state index in [1.54, 1.807) is 0 Å². The van der Waals surface area contributed by atoms with Crippen molar-refractivity contribution in [2.45, 2.75) is 32.3 Å².